The van der Waals surface area contributed by atoms with Gasteiger partial charge in [-0.15, -0.1) is 11.3 Å². The number of ether oxygens (including phenoxy) is 2. The molecule has 1 aromatic heterocycles. The van der Waals surface area contributed by atoms with Gasteiger partial charge in [-0.2, -0.15) is 4.31 Å². The number of thiophene rings is 1. The van der Waals surface area contributed by atoms with Crippen molar-refractivity contribution < 1.29 is 17.9 Å². The second kappa shape index (κ2) is 8.60. The van der Waals surface area contributed by atoms with Crippen molar-refractivity contribution in [3.63, 3.8) is 0 Å². The van der Waals surface area contributed by atoms with Gasteiger partial charge in [0.1, 0.15) is 16.4 Å². The average Bonchev–Trinajstić information content (AvgIpc) is 3.04. The molecule has 0 amide bonds. The lowest BCUT2D eigenvalue weighted by Gasteiger charge is -2.23. The Hall–Kier alpha value is -1.61. The number of aryl methyl sites for hydroxylation is 1. The Labute approximate surface area is 165 Å². The predicted octanol–water partition coefficient (Wildman–Crippen LogP) is 2.97. The Balaban J connectivity index is 1.81. The van der Waals surface area contributed by atoms with E-state index >= 15 is 0 Å². The van der Waals surface area contributed by atoms with Crippen LogP contribution in [0.1, 0.15) is 16.9 Å². The van der Waals surface area contributed by atoms with Gasteiger partial charge >= 0.3 is 0 Å². The van der Waals surface area contributed by atoms with Gasteiger partial charge in [0, 0.05) is 37.1 Å². The average molecular weight is 411 g/mol. The van der Waals surface area contributed by atoms with Crippen molar-refractivity contribution in [1.29, 1.82) is 0 Å². The van der Waals surface area contributed by atoms with Gasteiger partial charge in [-0.3, -0.25) is 4.90 Å². The molecule has 1 aliphatic rings. The molecular weight excluding hydrogens is 384 g/mol. The van der Waals surface area contributed by atoms with Crippen molar-refractivity contribution in [3.05, 3.63) is 40.1 Å². The molecule has 1 saturated heterocycles. The first-order chi connectivity index (χ1) is 13.0. The third-order valence-electron chi connectivity index (χ3n) is 4.81. The Morgan fingerprint density at radius 3 is 2.52 bits per heavy atom. The number of sulfonamides is 1. The molecule has 0 N–H and O–H groups in total. The van der Waals surface area contributed by atoms with Gasteiger partial charge in [-0.05, 0) is 43.0 Å². The normalized spacial score (nSPS) is 16.9. The first kappa shape index (κ1) is 20.1. The minimum absolute atomic E-state index is 0.166. The van der Waals surface area contributed by atoms with Gasteiger partial charge in [0.05, 0.1) is 14.2 Å². The van der Waals surface area contributed by atoms with E-state index < -0.39 is 10.0 Å². The summed E-state index contributed by atoms with van der Waals surface area (Å²) in [5.74, 6) is 0.900. The predicted molar refractivity (Wildman–Crippen MR) is 107 cm³/mol. The van der Waals surface area contributed by atoms with Crippen LogP contribution in [0.4, 0.5) is 0 Å². The third-order valence-corrected chi connectivity index (χ3v) is 7.59. The largest absolute Gasteiger partial charge is 0.496 e. The summed E-state index contributed by atoms with van der Waals surface area (Å²) in [6.07, 6.45) is 0.802. The smallest absolute Gasteiger partial charge is 0.246 e. The molecule has 0 unspecified atom stereocenters. The minimum Gasteiger partial charge on any atom is -0.496 e. The third kappa shape index (κ3) is 4.45. The van der Waals surface area contributed by atoms with Crippen molar-refractivity contribution in [2.45, 2.75) is 24.8 Å². The van der Waals surface area contributed by atoms with Crippen LogP contribution in [0, 0.1) is 6.92 Å². The summed E-state index contributed by atoms with van der Waals surface area (Å²) in [6.45, 7) is 5.30. The highest BCUT2D eigenvalue weighted by molar-refractivity contribution is 7.89. The highest BCUT2D eigenvalue weighted by atomic mass is 32.2. The van der Waals surface area contributed by atoms with Crippen LogP contribution < -0.4 is 9.47 Å². The van der Waals surface area contributed by atoms with Crippen LogP contribution in [-0.4, -0.2) is 58.0 Å². The molecular formula is C19H26N2O4S2. The van der Waals surface area contributed by atoms with E-state index in [0.29, 0.717) is 31.1 Å². The van der Waals surface area contributed by atoms with Crippen molar-refractivity contribution in [3.8, 4) is 11.5 Å². The van der Waals surface area contributed by atoms with Gasteiger partial charge in [-0.1, -0.05) is 6.07 Å². The molecule has 6 nitrogen and oxygen atoms in total. The van der Waals surface area contributed by atoms with Crippen molar-refractivity contribution >= 4 is 21.4 Å². The van der Waals surface area contributed by atoms with E-state index in [1.54, 1.807) is 34.9 Å². The van der Waals surface area contributed by atoms with Crippen LogP contribution in [-0.2, 0) is 16.6 Å². The Morgan fingerprint density at radius 2 is 1.85 bits per heavy atom. The summed E-state index contributed by atoms with van der Waals surface area (Å²) in [5, 5.41) is 2.07. The summed E-state index contributed by atoms with van der Waals surface area (Å²) in [4.78, 5) is 3.78. The van der Waals surface area contributed by atoms with E-state index in [1.807, 2.05) is 13.0 Å². The summed E-state index contributed by atoms with van der Waals surface area (Å²) in [5.41, 5.74) is 0.839. The molecule has 0 radical (unpaired) electrons. The fourth-order valence-electron chi connectivity index (χ4n) is 3.33. The molecule has 3 rings (SSSR count). The minimum atomic E-state index is -3.66. The molecule has 1 aromatic carbocycles. The maximum atomic E-state index is 13.3. The van der Waals surface area contributed by atoms with Crippen LogP contribution in [0.25, 0.3) is 0 Å². The molecule has 8 heteroatoms. The highest BCUT2D eigenvalue weighted by Gasteiger charge is 2.30. The zero-order valence-electron chi connectivity index (χ0n) is 16.0. The Kier molecular flexibility index (Phi) is 6.41. The second-order valence-electron chi connectivity index (χ2n) is 6.59. The molecule has 0 atom stereocenters. The fraction of sp³-hybridized carbons (Fsp3) is 0.474. The van der Waals surface area contributed by atoms with Crippen molar-refractivity contribution in [2.24, 2.45) is 0 Å². The molecule has 0 saturated carbocycles. The quantitative estimate of drug-likeness (QED) is 0.733. The number of nitrogens with zero attached hydrogens (tertiary/aromatic N) is 2. The van der Waals surface area contributed by atoms with Crippen molar-refractivity contribution in [2.75, 3.05) is 40.4 Å². The molecule has 2 heterocycles. The summed E-state index contributed by atoms with van der Waals surface area (Å²) < 4.78 is 38.8. The van der Waals surface area contributed by atoms with Gasteiger partial charge in [0.2, 0.25) is 10.0 Å². The lowest BCUT2D eigenvalue weighted by atomic mass is 10.2. The first-order valence-corrected chi connectivity index (χ1v) is 11.2. The second-order valence-corrected chi connectivity index (χ2v) is 9.52. The summed E-state index contributed by atoms with van der Waals surface area (Å²) >= 11 is 1.73. The van der Waals surface area contributed by atoms with Gasteiger partial charge in [0.25, 0.3) is 0 Å². The maximum absolute atomic E-state index is 13.3. The standard InChI is InChI=1S/C19H26N2O4S2/c1-15-12-18(25-3)19(13-17(15)24-2)27(22,23)21-8-5-7-20(9-10-21)14-16-6-4-11-26-16/h4,6,11-13H,5,7-10,14H2,1-3H3. The number of methoxy groups -OCH3 is 2. The Morgan fingerprint density at radius 1 is 1.07 bits per heavy atom. The maximum Gasteiger partial charge on any atom is 0.246 e. The molecule has 148 valence electrons. The molecule has 1 aliphatic heterocycles. The zero-order chi connectivity index (χ0) is 19.4. The number of hydrogen-bond acceptors (Lipinski definition) is 6. The topological polar surface area (TPSA) is 59.1 Å². The number of hydrogen-bond donors (Lipinski definition) is 0. The monoisotopic (exact) mass is 410 g/mol. The molecule has 2 aromatic rings. The molecule has 0 spiro atoms. The number of rotatable bonds is 6. The van der Waals surface area contributed by atoms with Gasteiger partial charge in [0.15, 0.2) is 0 Å². The van der Waals surface area contributed by atoms with E-state index in [4.69, 9.17) is 9.47 Å². The van der Waals surface area contributed by atoms with Gasteiger partial charge < -0.3 is 9.47 Å². The van der Waals surface area contributed by atoms with Crippen molar-refractivity contribution in [1.82, 2.24) is 9.21 Å². The van der Waals surface area contributed by atoms with E-state index in [9.17, 15) is 8.42 Å². The molecule has 0 aliphatic carbocycles. The number of benzene rings is 1. The zero-order valence-corrected chi connectivity index (χ0v) is 17.6. The highest BCUT2D eigenvalue weighted by Crippen LogP contribution is 2.33. The van der Waals surface area contributed by atoms with Crippen LogP contribution in [0.5, 0.6) is 11.5 Å². The van der Waals surface area contributed by atoms with Crippen LogP contribution in [0.15, 0.2) is 34.5 Å². The van der Waals surface area contributed by atoms with Crippen LogP contribution in [0.2, 0.25) is 0 Å². The fourth-order valence-corrected chi connectivity index (χ4v) is 5.70. The first-order valence-electron chi connectivity index (χ1n) is 8.93. The molecule has 0 bridgehead atoms. The Bertz CT molecular complexity index is 866. The van der Waals surface area contributed by atoms with Crippen LogP contribution in [0.3, 0.4) is 0 Å². The van der Waals surface area contributed by atoms with E-state index in [-0.39, 0.29) is 4.90 Å². The SMILES string of the molecule is COc1cc(S(=O)(=O)N2CCCN(Cc3cccs3)CC2)c(OC)cc1C. The van der Waals surface area contributed by atoms with E-state index in [1.165, 1.54) is 12.0 Å². The molecule has 27 heavy (non-hydrogen) atoms. The summed E-state index contributed by atoms with van der Waals surface area (Å²) in [7, 11) is -0.626. The van der Waals surface area contributed by atoms with Gasteiger partial charge in [-0.25, -0.2) is 8.42 Å². The van der Waals surface area contributed by atoms with Crippen LogP contribution >= 0.6 is 11.3 Å². The van der Waals surface area contributed by atoms with E-state index in [0.717, 1.165) is 25.1 Å². The lowest BCUT2D eigenvalue weighted by Crippen LogP contribution is -2.35. The van der Waals surface area contributed by atoms with E-state index in [2.05, 4.69) is 16.3 Å². The lowest BCUT2D eigenvalue weighted by molar-refractivity contribution is 0.281. The summed E-state index contributed by atoms with van der Waals surface area (Å²) in [6, 6.07) is 7.45. The molecule has 1 fully saturated rings.